The van der Waals surface area contributed by atoms with E-state index in [0.29, 0.717) is 5.71 Å². The molecule has 0 spiro atoms. The van der Waals surface area contributed by atoms with Crippen LogP contribution >= 0.6 is 0 Å². The Hall–Kier alpha value is -0.756. The number of nitrogens with zero attached hydrogens (tertiary/aromatic N) is 2. The first-order valence-electron chi connectivity index (χ1n) is 6.34. The molecule has 0 atom stereocenters. The zero-order chi connectivity index (χ0) is 14.7. The maximum absolute atomic E-state index is 11.8. The summed E-state index contributed by atoms with van der Waals surface area (Å²) >= 11 is 0. The number of Topliss-reactive ketones (excluding diaryl/α,β-unsaturated/α-hetero) is 2. The van der Waals surface area contributed by atoms with Crippen LogP contribution in [0.2, 0.25) is 39.3 Å². The van der Waals surface area contributed by atoms with Gasteiger partial charge in [0.25, 0.3) is 0 Å². The summed E-state index contributed by atoms with van der Waals surface area (Å²) in [6.45, 7) is 16.6. The van der Waals surface area contributed by atoms with Crippen molar-refractivity contribution in [3.05, 3.63) is 0 Å². The van der Waals surface area contributed by atoms with Gasteiger partial charge in [0, 0.05) is 6.42 Å². The molecule has 0 aliphatic rings. The minimum atomic E-state index is -1.63. The van der Waals surface area contributed by atoms with Crippen LogP contribution in [0, 0.1) is 0 Å². The van der Waals surface area contributed by atoms with Gasteiger partial charge in [0.15, 0.2) is 16.5 Å². The molecule has 0 heterocycles. The normalized spacial score (nSPS) is 13.4. The molecule has 18 heavy (non-hydrogen) atoms. The molecule has 0 aliphatic heterocycles. The first-order chi connectivity index (χ1) is 7.91. The second-order valence-electron chi connectivity index (χ2n) is 6.44. The van der Waals surface area contributed by atoms with E-state index in [-0.39, 0.29) is 12.2 Å². The highest BCUT2D eigenvalue weighted by Gasteiger charge is 2.34. The Morgan fingerprint density at radius 1 is 1.00 bits per heavy atom. The largest absolute Gasteiger partial charge is 0.349 e. The van der Waals surface area contributed by atoms with Gasteiger partial charge in [-0.15, -0.1) is 0 Å². The van der Waals surface area contributed by atoms with Crippen LogP contribution in [0.25, 0.3) is 0 Å². The van der Waals surface area contributed by atoms with E-state index in [1.165, 1.54) is 0 Å². The first kappa shape index (κ1) is 17.2. The fourth-order valence-electron chi connectivity index (χ4n) is 1.86. The third-order valence-electron chi connectivity index (χ3n) is 2.42. The van der Waals surface area contributed by atoms with E-state index in [9.17, 15) is 9.59 Å². The van der Waals surface area contributed by atoms with Crippen LogP contribution in [0.5, 0.6) is 0 Å². The highest BCUT2D eigenvalue weighted by atomic mass is 28.4. The molecule has 0 saturated heterocycles. The molecule has 0 aromatic rings. The van der Waals surface area contributed by atoms with Gasteiger partial charge in [0.2, 0.25) is 11.6 Å². The van der Waals surface area contributed by atoms with E-state index in [0.717, 1.165) is 0 Å². The van der Waals surface area contributed by atoms with Crippen molar-refractivity contribution in [1.29, 1.82) is 0 Å². The summed E-state index contributed by atoms with van der Waals surface area (Å²) in [4.78, 5) is 23.2. The zero-order valence-electron chi connectivity index (χ0n) is 12.9. The third-order valence-corrected chi connectivity index (χ3v) is 9.19. The number of hydrogen-bond donors (Lipinski definition) is 0. The molecule has 0 aromatic heterocycles. The number of rotatable bonds is 6. The van der Waals surface area contributed by atoms with Crippen LogP contribution in [0.1, 0.15) is 20.3 Å². The molecule has 0 saturated carbocycles. The first-order valence-corrected chi connectivity index (χ1v) is 13.2. The summed E-state index contributed by atoms with van der Waals surface area (Å²) < 4.78 is 2.15. The molecule has 0 N–H and O–H groups in total. The van der Waals surface area contributed by atoms with Gasteiger partial charge in [-0.05, 0) is 6.92 Å². The standard InChI is InChI=1S/C12H26N2O2Si2/c1-9-11(15)12(16)10(2)13-14(17(3,4)5)18(6,7)8/h9H2,1-8H3. The van der Waals surface area contributed by atoms with Crippen molar-refractivity contribution in [1.82, 2.24) is 4.34 Å². The van der Waals surface area contributed by atoms with Gasteiger partial charge < -0.3 is 4.34 Å². The monoisotopic (exact) mass is 286 g/mol. The van der Waals surface area contributed by atoms with Crippen LogP contribution in [0.3, 0.4) is 0 Å². The highest BCUT2D eigenvalue weighted by molar-refractivity contribution is 6.89. The van der Waals surface area contributed by atoms with Gasteiger partial charge in [0.1, 0.15) is 5.71 Å². The van der Waals surface area contributed by atoms with Crippen molar-refractivity contribution in [3.63, 3.8) is 0 Å². The van der Waals surface area contributed by atoms with Crippen molar-refractivity contribution in [3.8, 4) is 0 Å². The minimum Gasteiger partial charge on any atom is -0.349 e. The zero-order valence-corrected chi connectivity index (χ0v) is 14.9. The van der Waals surface area contributed by atoms with Gasteiger partial charge in [0.05, 0.1) is 0 Å². The second kappa shape index (κ2) is 5.92. The van der Waals surface area contributed by atoms with Crippen LogP contribution in [-0.4, -0.2) is 38.1 Å². The summed E-state index contributed by atoms with van der Waals surface area (Å²) in [5, 5.41) is 4.49. The lowest BCUT2D eigenvalue weighted by molar-refractivity contribution is -0.132. The lowest BCUT2D eigenvalue weighted by atomic mass is 10.1. The Bertz CT molecular complexity index is 351. The molecular formula is C12H26N2O2Si2. The van der Waals surface area contributed by atoms with Crippen molar-refractivity contribution in [2.75, 3.05) is 0 Å². The molecule has 0 unspecified atom stereocenters. The maximum Gasteiger partial charge on any atom is 0.244 e. The molecular weight excluding hydrogens is 260 g/mol. The average molecular weight is 287 g/mol. The van der Waals surface area contributed by atoms with Crippen LogP contribution in [0.4, 0.5) is 0 Å². The van der Waals surface area contributed by atoms with Gasteiger partial charge >= 0.3 is 0 Å². The predicted octanol–water partition coefficient (Wildman–Crippen LogP) is 2.88. The molecule has 0 aromatic carbocycles. The fourth-order valence-corrected chi connectivity index (χ4v) is 10.8. The summed E-state index contributed by atoms with van der Waals surface area (Å²) in [7, 11) is -3.26. The number of carbonyl (C=O) groups is 2. The molecule has 104 valence electrons. The molecule has 0 amide bonds. The van der Waals surface area contributed by atoms with E-state index >= 15 is 0 Å². The summed E-state index contributed by atoms with van der Waals surface area (Å²) in [6.07, 6.45) is 0.242. The molecule has 4 nitrogen and oxygen atoms in total. The number of hydrazone groups is 1. The Labute approximate surface area is 113 Å². The Morgan fingerprint density at radius 2 is 1.39 bits per heavy atom. The van der Waals surface area contributed by atoms with E-state index in [1.807, 2.05) is 0 Å². The maximum atomic E-state index is 11.8. The lowest BCUT2D eigenvalue weighted by Crippen LogP contribution is -2.56. The molecule has 0 aliphatic carbocycles. The summed E-state index contributed by atoms with van der Waals surface area (Å²) in [5.41, 5.74) is 0.326. The third kappa shape index (κ3) is 4.85. The van der Waals surface area contributed by atoms with E-state index in [1.54, 1.807) is 13.8 Å². The Kier molecular flexibility index (Phi) is 5.67. The van der Waals surface area contributed by atoms with Gasteiger partial charge in [-0.3, -0.25) is 9.59 Å². The van der Waals surface area contributed by atoms with Crippen molar-refractivity contribution in [2.24, 2.45) is 5.10 Å². The van der Waals surface area contributed by atoms with E-state index < -0.39 is 22.3 Å². The molecule has 0 rings (SSSR count). The average Bonchev–Trinajstić information content (AvgIpc) is 2.19. The van der Waals surface area contributed by atoms with Crippen LogP contribution in [-0.2, 0) is 9.59 Å². The van der Waals surface area contributed by atoms with Crippen molar-refractivity contribution in [2.45, 2.75) is 59.6 Å². The molecule has 0 fully saturated rings. The van der Waals surface area contributed by atoms with Gasteiger partial charge in [-0.25, -0.2) is 0 Å². The Morgan fingerprint density at radius 3 is 1.67 bits per heavy atom. The topological polar surface area (TPSA) is 49.7 Å². The van der Waals surface area contributed by atoms with Crippen molar-refractivity contribution >= 4 is 33.7 Å². The molecule has 6 heteroatoms. The van der Waals surface area contributed by atoms with Crippen LogP contribution in [0.15, 0.2) is 5.10 Å². The second-order valence-corrected chi connectivity index (χ2v) is 16.4. The van der Waals surface area contributed by atoms with Gasteiger partial charge in [-0.1, -0.05) is 46.2 Å². The SMILES string of the molecule is CCC(=O)C(=O)C(C)=NN([Si](C)(C)C)[Si](C)(C)C. The van der Waals surface area contributed by atoms with Crippen LogP contribution < -0.4 is 0 Å². The Balaban J connectivity index is 5.33. The predicted molar refractivity (Wildman–Crippen MR) is 81.9 cm³/mol. The quantitative estimate of drug-likeness (QED) is 0.326. The molecule has 0 radical (unpaired) electrons. The van der Waals surface area contributed by atoms with Crippen molar-refractivity contribution < 1.29 is 9.59 Å². The highest BCUT2D eigenvalue weighted by Crippen LogP contribution is 2.20. The fraction of sp³-hybridized carbons (Fsp3) is 0.750. The smallest absolute Gasteiger partial charge is 0.244 e. The lowest BCUT2D eigenvalue weighted by Gasteiger charge is -2.41. The van der Waals surface area contributed by atoms with E-state index in [4.69, 9.17) is 0 Å². The number of carbonyl (C=O) groups excluding carboxylic acids is 2. The van der Waals surface area contributed by atoms with Gasteiger partial charge in [-0.2, -0.15) is 5.10 Å². The van der Waals surface area contributed by atoms with E-state index in [2.05, 4.69) is 48.7 Å². The molecule has 0 bridgehead atoms. The number of hydrogen-bond acceptors (Lipinski definition) is 4. The minimum absolute atomic E-state index is 0.242. The summed E-state index contributed by atoms with van der Waals surface area (Å²) in [6, 6.07) is 0. The summed E-state index contributed by atoms with van der Waals surface area (Å²) in [5.74, 6) is -0.804. The number of ketones is 2.